The Morgan fingerprint density at radius 3 is 2.74 bits per heavy atom. The number of nitrogens with zero attached hydrogens (tertiary/aromatic N) is 1. The van der Waals surface area contributed by atoms with Crippen LogP contribution in [0.2, 0.25) is 0 Å². The summed E-state index contributed by atoms with van der Waals surface area (Å²) in [4.78, 5) is 19.2. The number of hydrogen-bond acceptors (Lipinski definition) is 4. The second kappa shape index (κ2) is 6.30. The largest absolute Gasteiger partial charge is 0.342 e. The maximum absolute atomic E-state index is 13.4. The van der Waals surface area contributed by atoms with Gasteiger partial charge in [0.05, 0.1) is 15.8 Å². The number of fused-ring (bicyclic) bond motifs is 1. The minimum Gasteiger partial charge on any atom is -0.342 e. The monoisotopic (exact) mass is 380 g/mol. The summed E-state index contributed by atoms with van der Waals surface area (Å²) < 4.78 is 0. The van der Waals surface area contributed by atoms with E-state index in [2.05, 4.69) is 69.2 Å². The fourth-order valence-electron chi connectivity index (χ4n) is 4.80. The fraction of sp³-hybridized carbons (Fsp3) is 0.478. The number of aromatic nitrogens is 1. The molecule has 4 rings (SSSR count). The van der Waals surface area contributed by atoms with Gasteiger partial charge in [0.15, 0.2) is 5.78 Å². The Balaban J connectivity index is 2.01. The maximum Gasteiger partial charge on any atom is 0.162 e. The van der Waals surface area contributed by atoms with Gasteiger partial charge in [-0.05, 0) is 35.3 Å². The second-order valence-corrected chi connectivity index (χ2v) is 9.84. The van der Waals surface area contributed by atoms with Gasteiger partial charge in [0.2, 0.25) is 0 Å². The number of allylic oxidation sites excluding steroid dienone is 2. The van der Waals surface area contributed by atoms with E-state index in [1.807, 2.05) is 5.51 Å². The molecule has 2 aromatic rings. The Hall–Kier alpha value is -1.94. The van der Waals surface area contributed by atoms with Crippen LogP contribution in [0.3, 0.4) is 0 Å². The lowest BCUT2D eigenvalue weighted by Crippen LogP contribution is -2.43. The molecule has 1 aliphatic carbocycles. The number of carbonyl (C=O) groups is 1. The molecule has 0 saturated carbocycles. The average Bonchev–Trinajstić information content (AvgIpc) is 3.07. The van der Waals surface area contributed by atoms with Crippen molar-refractivity contribution in [3.05, 3.63) is 57.1 Å². The van der Waals surface area contributed by atoms with E-state index >= 15 is 0 Å². The Labute approximate surface area is 165 Å². The van der Waals surface area contributed by atoms with Crippen LogP contribution in [0.1, 0.15) is 75.8 Å². The number of nitrogens with one attached hydrogen (secondary N) is 1. The highest BCUT2D eigenvalue weighted by atomic mass is 32.1. The summed E-state index contributed by atoms with van der Waals surface area (Å²) in [6.45, 7) is 11.0. The molecule has 1 aromatic carbocycles. The smallest absolute Gasteiger partial charge is 0.162 e. The first-order valence-corrected chi connectivity index (χ1v) is 10.7. The minimum absolute atomic E-state index is 0.0182. The normalized spacial score (nSPS) is 23.9. The fourth-order valence-corrected chi connectivity index (χ4v) is 5.84. The summed E-state index contributed by atoms with van der Waals surface area (Å²) in [5.41, 5.74) is 6.08. The summed E-state index contributed by atoms with van der Waals surface area (Å²) in [6, 6.07) is 8.83. The Kier molecular flexibility index (Phi) is 4.30. The van der Waals surface area contributed by atoms with Crippen LogP contribution in [0.15, 0.2) is 41.0 Å². The van der Waals surface area contributed by atoms with Crippen molar-refractivity contribution in [2.24, 2.45) is 5.41 Å². The van der Waals surface area contributed by atoms with Gasteiger partial charge in [-0.15, -0.1) is 11.3 Å². The molecule has 3 nitrogen and oxygen atoms in total. The lowest BCUT2D eigenvalue weighted by molar-refractivity contribution is -0.118. The minimum atomic E-state index is -0.393. The Bertz CT molecular complexity index is 937. The summed E-state index contributed by atoms with van der Waals surface area (Å²) in [5, 5.41) is 3.52. The molecule has 0 spiro atoms. The van der Waals surface area contributed by atoms with Crippen LogP contribution in [0, 0.1) is 5.41 Å². The van der Waals surface area contributed by atoms with Crippen molar-refractivity contribution >= 4 is 22.9 Å². The molecule has 1 unspecified atom stereocenters. The highest BCUT2D eigenvalue weighted by Crippen LogP contribution is 2.55. The van der Waals surface area contributed by atoms with Gasteiger partial charge in [0, 0.05) is 17.7 Å². The molecule has 0 saturated heterocycles. The number of ketones is 1. The lowest BCUT2D eigenvalue weighted by Gasteiger charge is -2.44. The molecular weight excluding hydrogens is 352 g/mol. The van der Waals surface area contributed by atoms with E-state index in [0.717, 1.165) is 29.9 Å². The topological polar surface area (TPSA) is 42.0 Å². The second-order valence-electron chi connectivity index (χ2n) is 8.99. The zero-order valence-electron chi connectivity index (χ0n) is 16.8. The van der Waals surface area contributed by atoms with E-state index in [9.17, 15) is 4.79 Å². The van der Waals surface area contributed by atoms with Crippen molar-refractivity contribution in [2.75, 3.05) is 5.32 Å². The molecule has 27 heavy (non-hydrogen) atoms. The maximum atomic E-state index is 13.4. The molecule has 142 valence electrons. The predicted molar refractivity (Wildman–Crippen MR) is 112 cm³/mol. The van der Waals surface area contributed by atoms with Crippen molar-refractivity contribution in [3.8, 4) is 0 Å². The number of Topliss-reactive ketones (excluding diaryl/α,β-unsaturated/α-hetero) is 1. The first-order chi connectivity index (χ1) is 12.8. The average molecular weight is 381 g/mol. The van der Waals surface area contributed by atoms with Crippen molar-refractivity contribution in [1.29, 1.82) is 0 Å². The van der Waals surface area contributed by atoms with E-state index in [-0.39, 0.29) is 11.2 Å². The molecule has 1 N–H and O–H groups in total. The van der Waals surface area contributed by atoms with E-state index in [1.165, 1.54) is 16.0 Å². The van der Waals surface area contributed by atoms with Crippen LogP contribution >= 0.6 is 11.3 Å². The first-order valence-electron chi connectivity index (χ1n) is 9.87. The van der Waals surface area contributed by atoms with Crippen LogP contribution in [0.25, 0.3) is 0 Å². The van der Waals surface area contributed by atoms with Gasteiger partial charge in [-0.25, -0.2) is 4.98 Å². The molecule has 4 heteroatoms. The molecule has 0 bridgehead atoms. The number of anilines is 1. The summed E-state index contributed by atoms with van der Waals surface area (Å²) >= 11 is 1.66. The van der Waals surface area contributed by atoms with Crippen molar-refractivity contribution in [1.82, 2.24) is 4.98 Å². The summed E-state index contributed by atoms with van der Waals surface area (Å²) in [5.74, 6) is 1.67. The van der Waals surface area contributed by atoms with Gasteiger partial charge >= 0.3 is 0 Å². The van der Waals surface area contributed by atoms with Crippen LogP contribution in [0.5, 0.6) is 0 Å². The molecular formula is C23H28N2OS. The molecule has 1 atom stereocenters. The van der Waals surface area contributed by atoms with Crippen molar-refractivity contribution in [3.63, 3.8) is 0 Å². The molecule has 1 aromatic heterocycles. The Morgan fingerprint density at radius 1 is 1.26 bits per heavy atom. The quantitative estimate of drug-likeness (QED) is 0.707. The van der Waals surface area contributed by atoms with Gasteiger partial charge in [0.25, 0.3) is 0 Å². The third-order valence-electron chi connectivity index (χ3n) is 6.10. The van der Waals surface area contributed by atoms with Gasteiger partial charge < -0.3 is 5.32 Å². The highest BCUT2D eigenvalue weighted by molar-refractivity contribution is 7.10. The van der Waals surface area contributed by atoms with E-state index in [4.69, 9.17) is 0 Å². The first kappa shape index (κ1) is 18.4. The third-order valence-corrected chi connectivity index (χ3v) is 7.09. The lowest BCUT2D eigenvalue weighted by atomic mass is 9.62. The molecule has 0 fully saturated rings. The number of rotatable bonds is 3. The van der Waals surface area contributed by atoms with Crippen molar-refractivity contribution < 1.29 is 4.79 Å². The predicted octanol–water partition coefficient (Wildman–Crippen LogP) is 6.03. The Morgan fingerprint density at radius 2 is 2.04 bits per heavy atom. The van der Waals surface area contributed by atoms with Gasteiger partial charge in [-0.3, -0.25) is 4.79 Å². The molecule has 2 aliphatic rings. The van der Waals surface area contributed by atoms with Crippen LogP contribution < -0.4 is 5.32 Å². The third kappa shape index (κ3) is 2.77. The van der Waals surface area contributed by atoms with E-state index in [1.54, 1.807) is 11.3 Å². The number of benzene rings is 1. The van der Waals surface area contributed by atoms with Gasteiger partial charge in [-0.1, -0.05) is 58.9 Å². The van der Waals surface area contributed by atoms with E-state index < -0.39 is 5.41 Å². The summed E-state index contributed by atoms with van der Waals surface area (Å²) in [6.07, 6.45) is 2.35. The summed E-state index contributed by atoms with van der Waals surface area (Å²) in [7, 11) is 0. The molecule has 0 amide bonds. The molecule has 0 radical (unpaired) electrons. The highest BCUT2D eigenvalue weighted by Gasteiger charge is 2.50. The SMILES string of the molecule is CCC1(c2cccc(C(C)C)c2)C2=C(CC(C)(C)CC2=O)Nc2ncsc21. The van der Waals surface area contributed by atoms with Gasteiger partial charge in [-0.2, -0.15) is 0 Å². The standard InChI is InChI=1S/C23H28N2OS/c1-6-23(16-9-7-8-15(10-16)14(2)3)19-17(11-22(4,5)12-18(19)26)25-21-20(23)27-13-24-21/h7-10,13-14,25H,6,11-12H2,1-5H3. The zero-order valence-corrected chi connectivity index (χ0v) is 17.7. The van der Waals surface area contributed by atoms with E-state index in [0.29, 0.717) is 12.3 Å². The van der Waals surface area contributed by atoms with Crippen LogP contribution in [-0.2, 0) is 10.2 Å². The number of thiazole rings is 1. The number of hydrogen-bond donors (Lipinski definition) is 1. The molecule has 1 aliphatic heterocycles. The molecule has 2 heterocycles. The van der Waals surface area contributed by atoms with Crippen LogP contribution in [-0.4, -0.2) is 10.8 Å². The number of carbonyl (C=O) groups excluding carboxylic acids is 1. The van der Waals surface area contributed by atoms with Gasteiger partial charge in [0.1, 0.15) is 5.82 Å². The van der Waals surface area contributed by atoms with Crippen LogP contribution in [0.4, 0.5) is 5.82 Å². The van der Waals surface area contributed by atoms with Crippen molar-refractivity contribution in [2.45, 2.75) is 65.2 Å². The zero-order chi connectivity index (χ0) is 19.4.